The molecule has 24 heavy (non-hydrogen) atoms. The molecule has 0 aliphatic carbocycles. The van der Waals surface area contributed by atoms with Crippen LogP contribution in [0.3, 0.4) is 0 Å². The molecule has 2 aromatic carbocycles. The molecule has 0 aliphatic rings. The Morgan fingerprint density at radius 2 is 1.58 bits per heavy atom. The topological polar surface area (TPSA) is 52.6 Å². The van der Waals surface area contributed by atoms with Gasteiger partial charge in [0.15, 0.2) is 0 Å². The van der Waals surface area contributed by atoms with Crippen molar-refractivity contribution in [1.29, 1.82) is 0 Å². The van der Waals surface area contributed by atoms with Crippen LogP contribution in [0, 0.1) is 0 Å². The second kappa shape index (κ2) is 6.92. The molecule has 0 aromatic heterocycles. The summed E-state index contributed by atoms with van der Waals surface area (Å²) in [5.74, 6) is -1.62. The van der Waals surface area contributed by atoms with Crippen molar-refractivity contribution in [3.8, 4) is 11.5 Å². The van der Waals surface area contributed by atoms with E-state index in [0.29, 0.717) is 0 Å². The molecule has 4 nitrogen and oxygen atoms in total. The average Bonchev–Trinajstić information content (AvgIpc) is 2.53. The summed E-state index contributed by atoms with van der Waals surface area (Å²) in [7, 11) is 1.07. The summed E-state index contributed by atoms with van der Waals surface area (Å²) < 4.78 is 47.1. The van der Waals surface area contributed by atoms with Crippen LogP contribution in [0.15, 0.2) is 42.5 Å². The minimum atomic E-state index is -4.43. The number of hydrogen-bond donors (Lipinski definition) is 0. The number of carbonyl (C=O) groups is 2. The van der Waals surface area contributed by atoms with E-state index in [-0.39, 0.29) is 22.1 Å². The van der Waals surface area contributed by atoms with Crippen LogP contribution in [0.25, 0.3) is 0 Å². The van der Waals surface area contributed by atoms with Crippen LogP contribution in [-0.2, 0) is 15.7 Å². The summed E-state index contributed by atoms with van der Waals surface area (Å²) in [4.78, 5) is 22.9. The van der Waals surface area contributed by atoms with Crippen LogP contribution in [0.2, 0.25) is 5.02 Å². The maximum atomic E-state index is 12.5. The lowest BCUT2D eigenvalue weighted by atomic mass is 10.1. The smallest absolute Gasteiger partial charge is 0.416 e. The summed E-state index contributed by atoms with van der Waals surface area (Å²) in [6.07, 6.45) is -4.43. The number of hydrogen-bond acceptors (Lipinski definition) is 4. The molecule has 126 valence electrons. The fraction of sp³-hybridized carbons (Fsp3) is 0.125. The second-order valence-corrected chi connectivity index (χ2v) is 4.99. The minimum absolute atomic E-state index is 0.0465. The Morgan fingerprint density at radius 1 is 1.00 bits per heavy atom. The third-order valence-corrected chi connectivity index (χ3v) is 3.29. The molecule has 0 bridgehead atoms. The number of ketones is 1. The molecule has 0 aliphatic heterocycles. The number of rotatable bonds is 4. The molecule has 0 saturated carbocycles. The molecule has 0 fully saturated rings. The van der Waals surface area contributed by atoms with Crippen molar-refractivity contribution < 1.29 is 32.2 Å². The normalized spacial score (nSPS) is 11.0. The van der Waals surface area contributed by atoms with Crippen molar-refractivity contribution in [3.05, 3.63) is 58.6 Å². The van der Waals surface area contributed by atoms with E-state index in [1.807, 2.05) is 0 Å². The van der Waals surface area contributed by atoms with E-state index in [4.69, 9.17) is 16.3 Å². The van der Waals surface area contributed by atoms with Crippen LogP contribution in [-0.4, -0.2) is 18.9 Å². The van der Waals surface area contributed by atoms with Crippen molar-refractivity contribution in [2.75, 3.05) is 7.11 Å². The molecule has 0 saturated heterocycles. The zero-order valence-corrected chi connectivity index (χ0v) is 12.9. The van der Waals surface area contributed by atoms with E-state index in [1.54, 1.807) is 0 Å². The summed E-state index contributed by atoms with van der Waals surface area (Å²) >= 11 is 5.92. The number of benzene rings is 2. The van der Waals surface area contributed by atoms with E-state index >= 15 is 0 Å². The predicted octanol–water partition coefficient (Wildman–Crippen LogP) is 4.51. The number of ether oxygens (including phenoxy) is 2. The van der Waals surface area contributed by atoms with Crippen molar-refractivity contribution in [2.45, 2.75) is 6.18 Å². The lowest BCUT2D eigenvalue weighted by molar-refractivity contribution is -0.137. The van der Waals surface area contributed by atoms with Crippen LogP contribution >= 0.6 is 11.6 Å². The number of methoxy groups -OCH3 is 1. The third kappa shape index (κ3) is 4.05. The minimum Gasteiger partial charge on any atom is -0.463 e. The molecule has 0 amide bonds. The van der Waals surface area contributed by atoms with E-state index in [1.165, 1.54) is 18.2 Å². The monoisotopic (exact) mass is 358 g/mol. The van der Waals surface area contributed by atoms with Crippen LogP contribution in [0.5, 0.6) is 11.5 Å². The first-order valence-electron chi connectivity index (χ1n) is 6.49. The highest BCUT2D eigenvalue weighted by Gasteiger charge is 2.30. The molecular formula is C16H10ClF3O4. The van der Waals surface area contributed by atoms with Gasteiger partial charge in [-0.3, -0.25) is 4.79 Å². The van der Waals surface area contributed by atoms with Gasteiger partial charge in [0.05, 0.1) is 17.7 Å². The number of halogens is 4. The Hall–Kier alpha value is -2.54. The molecule has 0 radical (unpaired) electrons. The van der Waals surface area contributed by atoms with Gasteiger partial charge >= 0.3 is 12.1 Å². The number of alkyl halides is 3. The Labute approximate surface area is 139 Å². The van der Waals surface area contributed by atoms with Gasteiger partial charge in [0.1, 0.15) is 11.5 Å². The van der Waals surface area contributed by atoms with Crippen molar-refractivity contribution in [2.24, 2.45) is 0 Å². The average molecular weight is 359 g/mol. The zero-order valence-electron chi connectivity index (χ0n) is 12.2. The Morgan fingerprint density at radius 3 is 2.08 bits per heavy atom. The summed E-state index contributed by atoms with van der Waals surface area (Å²) in [6.45, 7) is 0. The van der Waals surface area contributed by atoms with Crippen LogP contribution < -0.4 is 4.74 Å². The highest BCUT2D eigenvalue weighted by molar-refractivity contribution is 6.45. The summed E-state index contributed by atoms with van der Waals surface area (Å²) in [6, 6.07) is 7.97. The molecule has 2 aromatic rings. The molecule has 0 N–H and O–H groups in total. The van der Waals surface area contributed by atoms with Gasteiger partial charge in [-0.25, -0.2) is 4.79 Å². The maximum Gasteiger partial charge on any atom is 0.416 e. The Balaban J connectivity index is 2.18. The van der Waals surface area contributed by atoms with Crippen LogP contribution in [0.4, 0.5) is 13.2 Å². The van der Waals surface area contributed by atoms with Crippen molar-refractivity contribution in [1.82, 2.24) is 0 Å². The van der Waals surface area contributed by atoms with Gasteiger partial charge in [-0.05, 0) is 36.4 Å². The third-order valence-electron chi connectivity index (χ3n) is 2.97. The standard InChI is InChI=1S/C16H10ClF3O4/c1-23-15(22)14(21)12-7-6-11(8-13(12)17)24-10-4-2-9(3-5-10)16(18,19)20/h2-8H,1H3. The van der Waals surface area contributed by atoms with Crippen molar-refractivity contribution >= 4 is 23.4 Å². The molecule has 8 heteroatoms. The first-order valence-corrected chi connectivity index (χ1v) is 6.87. The SMILES string of the molecule is COC(=O)C(=O)c1ccc(Oc2ccc(C(F)(F)F)cc2)cc1Cl. The fourth-order valence-electron chi connectivity index (χ4n) is 1.79. The van der Waals surface area contributed by atoms with Gasteiger partial charge < -0.3 is 9.47 Å². The van der Waals surface area contributed by atoms with Gasteiger partial charge in [-0.1, -0.05) is 11.6 Å². The first-order chi connectivity index (χ1) is 11.2. The maximum absolute atomic E-state index is 12.5. The number of Topliss-reactive ketones (excluding diaryl/α,β-unsaturated/α-hetero) is 1. The molecule has 0 spiro atoms. The summed E-state index contributed by atoms with van der Waals surface area (Å²) in [5.41, 5.74) is -0.866. The molecule has 2 rings (SSSR count). The van der Waals surface area contributed by atoms with E-state index < -0.39 is 23.5 Å². The lowest BCUT2D eigenvalue weighted by Gasteiger charge is -2.10. The fourth-order valence-corrected chi connectivity index (χ4v) is 2.05. The van der Waals surface area contributed by atoms with E-state index in [9.17, 15) is 22.8 Å². The molecule has 0 unspecified atom stereocenters. The van der Waals surface area contributed by atoms with E-state index in [2.05, 4.69) is 4.74 Å². The largest absolute Gasteiger partial charge is 0.463 e. The Kier molecular flexibility index (Phi) is 5.14. The van der Waals surface area contributed by atoms with Gasteiger partial charge in [0.2, 0.25) is 0 Å². The quantitative estimate of drug-likeness (QED) is 0.458. The van der Waals surface area contributed by atoms with Gasteiger partial charge in [0.25, 0.3) is 5.78 Å². The molecular weight excluding hydrogens is 349 g/mol. The lowest BCUT2D eigenvalue weighted by Crippen LogP contribution is -2.16. The van der Waals surface area contributed by atoms with Crippen LogP contribution in [0.1, 0.15) is 15.9 Å². The number of carbonyl (C=O) groups excluding carboxylic acids is 2. The summed E-state index contributed by atoms with van der Waals surface area (Å²) in [5, 5.41) is -0.0465. The van der Waals surface area contributed by atoms with Gasteiger partial charge in [0, 0.05) is 11.6 Å². The van der Waals surface area contributed by atoms with Gasteiger partial charge in [-0.15, -0.1) is 0 Å². The predicted molar refractivity (Wildman–Crippen MR) is 79.3 cm³/mol. The molecule has 0 atom stereocenters. The van der Waals surface area contributed by atoms with Gasteiger partial charge in [-0.2, -0.15) is 13.2 Å². The highest BCUT2D eigenvalue weighted by atomic mass is 35.5. The second-order valence-electron chi connectivity index (χ2n) is 4.59. The zero-order chi connectivity index (χ0) is 17.9. The highest BCUT2D eigenvalue weighted by Crippen LogP contribution is 2.32. The van der Waals surface area contributed by atoms with E-state index in [0.717, 1.165) is 31.4 Å². The van der Waals surface area contributed by atoms with Crippen molar-refractivity contribution in [3.63, 3.8) is 0 Å². The first kappa shape index (κ1) is 17.8. The number of esters is 1. The molecule has 0 heterocycles. The Bertz CT molecular complexity index is 770.